The summed E-state index contributed by atoms with van der Waals surface area (Å²) in [6, 6.07) is 6.89. The molecule has 0 bridgehead atoms. The van der Waals surface area contributed by atoms with Gasteiger partial charge in [-0.25, -0.2) is 8.78 Å². The second-order valence-electron chi connectivity index (χ2n) is 12.9. The van der Waals surface area contributed by atoms with Crippen LogP contribution in [-0.2, 0) is 21.0 Å². The van der Waals surface area contributed by atoms with Crippen LogP contribution in [0, 0.1) is 28.6 Å². The van der Waals surface area contributed by atoms with E-state index in [2.05, 4.69) is 0 Å². The maximum atomic E-state index is 17.5. The van der Waals surface area contributed by atoms with Crippen LogP contribution in [0.15, 0.2) is 47.8 Å². The third-order valence-corrected chi connectivity index (χ3v) is 11.0. The normalized spacial score (nSPS) is 41.3. The summed E-state index contributed by atoms with van der Waals surface area (Å²) in [7, 11) is 0. The van der Waals surface area contributed by atoms with Gasteiger partial charge >= 0.3 is 6.18 Å². The third-order valence-electron chi connectivity index (χ3n) is 10.8. The van der Waals surface area contributed by atoms with Crippen molar-refractivity contribution in [2.24, 2.45) is 28.6 Å². The molecule has 1 saturated heterocycles. The number of ketones is 1. The first kappa shape index (κ1) is 29.7. The number of benzene rings is 1. The highest BCUT2D eigenvalue weighted by atomic mass is 35.5. The first-order chi connectivity index (χ1) is 19.5. The lowest BCUT2D eigenvalue weighted by atomic mass is 9.45. The molecule has 42 heavy (non-hydrogen) atoms. The van der Waals surface area contributed by atoms with Crippen LogP contribution in [0.2, 0.25) is 5.02 Å². The molecule has 6 rings (SSSR count). The molecule has 2 saturated carbocycles. The monoisotopic (exact) mass is 614 g/mol. The molecule has 12 heteroatoms. The Morgan fingerprint density at radius 2 is 1.90 bits per heavy atom. The van der Waals surface area contributed by atoms with Crippen molar-refractivity contribution in [2.75, 3.05) is 13.1 Å². The first-order valence-corrected chi connectivity index (χ1v) is 14.4. The molecule has 6 nitrogen and oxygen atoms in total. The van der Waals surface area contributed by atoms with Crippen LogP contribution in [0.3, 0.4) is 0 Å². The van der Waals surface area contributed by atoms with Crippen molar-refractivity contribution in [1.82, 2.24) is 10.4 Å². The second kappa shape index (κ2) is 9.58. The molecule has 0 spiro atoms. The molecule has 1 aromatic rings. The highest BCUT2D eigenvalue weighted by molar-refractivity contribution is 6.30. The summed E-state index contributed by atoms with van der Waals surface area (Å²) in [5, 5.41) is 15.6. The molecule has 4 aliphatic carbocycles. The average molecular weight is 615 g/mol. The van der Waals surface area contributed by atoms with E-state index >= 15 is 8.78 Å². The number of allylic oxidation sites excluding steroid dienone is 4. The van der Waals surface area contributed by atoms with Crippen LogP contribution in [0.25, 0.3) is 0 Å². The van der Waals surface area contributed by atoms with Crippen LogP contribution in [-0.4, -0.2) is 58.5 Å². The van der Waals surface area contributed by atoms with E-state index in [0.29, 0.717) is 5.02 Å². The predicted molar refractivity (Wildman–Crippen MR) is 142 cm³/mol. The van der Waals surface area contributed by atoms with Crippen molar-refractivity contribution in [3.63, 3.8) is 0 Å². The summed E-state index contributed by atoms with van der Waals surface area (Å²) in [5.41, 5.74) is -6.37. The van der Waals surface area contributed by atoms with E-state index in [1.54, 1.807) is 31.2 Å². The molecule has 2 N–H and O–H groups in total. The van der Waals surface area contributed by atoms with E-state index in [1.807, 2.05) is 5.32 Å². The van der Waals surface area contributed by atoms with Gasteiger partial charge in [-0.3, -0.25) is 14.4 Å². The largest absolute Gasteiger partial charge is 0.405 e. The van der Waals surface area contributed by atoms with Crippen LogP contribution >= 0.6 is 11.6 Å². The highest BCUT2D eigenvalue weighted by Gasteiger charge is 2.79. The van der Waals surface area contributed by atoms with Crippen molar-refractivity contribution in [2.45, 2.75) is 69.6 Å². The van der Waals surface area contributed by atoms with Crippen molar-refractivity contribution in [3.8, 4) is 0 Å². The molecular formula is C30H32ClF5N2O4. The number of alkyl halides is 4. The number of amides is 1. The maximum absolute atomic E-state index is 17.5. The van der Waals surface area contributed by atoms with Crippen LogP contribution in [0.4, 0.5) is 22.0 Å². The van der Waals surface area contributed by atoms with Gasteiger partial charge < -0.3 is 10.4 Å². The molecule has 1 heterocycles. The molecule has 0 aromatic heterocycles. The van der Waals surface area contributed by atoms with Gasteiger partial charge in [0.25, 0.3) is 5.91 Å². The predicted octanol–water partition coefficient (Wildman–Crippen LogP) is 5.40. The Morgan fingerprint density at radius 1 is 1.21 bits per heavy atom. The van der Waals surface area contributed by atoms with Gasteiger partial charge in [-0.1, -0.05) is 36.7 Å². The number of aliphatic hydroxyl groups excluding tert-OH is 1. The molecule has 8 atom stereocenters. The standard InChI is InChI=1S/C30H32ClF5N2O4/c1-26-8-7-19(39)10-22(26)23(32)11-21-20-9-17-14-38(13-16-3-5-18(31)6-4-16)42-30(17,25(41)37-15-28(33,34)35)27(20,2)12-24(40)29(21,26)36/h3-8,17,20-21,24,40H,9-15H2,1-2H3,(H,37,41)/t17-,20-,21-,24-,26-,27-,29-,30-/m0/s1. The Labute approximate surface area is 244 Å². The Bertz CT molecular complexity index is 1380. The number of hydrogen-bond donors (Lipinski definition) is 2. The molecule has 1 aromatic carbocycles. The van der Waals surface area contributed by atoms with Gasteiger partial charge in [0.05, 0.1) is 6.10 Å². The summed E-state index contributed by atoms with van der Waals surface area (Å²) < 4.78 is 72.9. The number of carbonyl (C=O) groups excluding carboxylic acids is 2. The molecule has 3 fully saturated rings. The van der Waals surface area contributed by atoms with Crippen molar-refractivity contribution >= 4 is 23.3 Å². The molecular weight excluding hydrogens is 583 g/mol. The number of nitrogens with one attached hydrogen (secondary N) is 1. The minimum Gasteiger partial charge on any atom is -0.390 e. The fourth-order valence-corrected chi connectivity index (χ4v) is 9.01. The van der Waals surface area contributed by atoms with Gasteiger partial charge in [-0.15, -0.1) is 0 Å². The topological polar surface area (TPSA) is 78.9 Å². The van der Waals surface area contributed by atoms with Gasteiger partial charge in [0, 0.05) is 53.6 Å². The van der Waals surface area contributed by atoms with E-state index in [0.717, 1.165) is 5.56 Å². The number of rotatable bonds is 4. The minimum absolute atomic E-state index is 0.0117. The van der Waals surface area contributed by atoms with Crippen LogP contribution in [0.5, 0.6) is 0 Å². The van der Waals surface area contributed by atoms with Gasteiger partial charge in [0.15, 0.2) is 17.1 Å². The van der Waals surface area contributed by atoms with E-state index in [4.69, 9.17) is 16.4 Å². The van der Waals surface area contributed by atoms with E-state index < -0.39 is 70.4 Å². The van der Waals surface area contributed by atoms with E-state index in [9.17, 15) is 27.9 Å². The summed E-state index contributed by atoms with van der Waals surface area (Å²) in [6.45, 7) is 1.90. The number of fused-ring (bicyclic) bond motifs is 7. The van der Waals surface area contributed by atoms with Gasteiger partial charge in [-0.2, -0.15) is 18.2 Å². The Morgan fingerprint density at radius 3 is 2.57 bits per heavy atom. The van der Waals surface area contributed by atoms with Gasteiger partial charge in [0.2, 0.25) is 0 Å². The summed E-state index contributed by atoms with van der Waals surface area (Å²) >= 11 is 5.99. The Balaban J connectivity index is 1.40. The van der Waals surface area contributed by atoms with Crippen molar-refractivity contribution in [3.05, 3.63) is 58.4 Å². The van der Waals surface area contributed by atoms with Crippen molar-refractivity contribution in [1.29, 1.82) is 0 Å². The molecule has 0 unspecified atom stereocenters. The SMILES string of the molecule is C[C@]12C=CC(=O)CC1=C(F)C[C@H]1[C@@H]3C[C@H]4CN(Cc5ccc(Cl)cc5)O[C@@]4(C(=O)NCC(F)(F)F)[C@@]3(C)C[C@H](O)[C@@]12F. The van der Waals surface area contributed by atoms with Crippen LogP contribution in [0.1, 0.15) is 45.1 Å². The summed E-state index contributed by atoms with van der Waals surface area (Å²) in [4.78, 5) is 32.3. The maximum Gasteiger partial charge on any atom is 0.405 e. The van der Waals surface area contributed by atoms with Gasteiger partial charge in [-0.05, 0) is 55.0 Å². The zero-order chi connectivity index (χ0) is 30.5. The average Bonchev–Trinajstić information content (AvgIpc) is 3.39. The van der Waals surface area contributed by atoms with Crippen molar-refractivity contribution < 1.29 is 41.5 Å². The Hall–Kier alpha value is -2.34. The number of halogens is 6. The second-order valence-corrected chi connectivity index (χ2v) is 13.3. The number of carbonyl (C=O) groups is 2. The Kier molecular flexibility index (Phi) is 6.78. The minimum atomic E-state index is -4.69. The fraction of sp³-hybridized carbons (Fsp3) is 0.600. The zero-order valence-corrected chi connectivity index (χ0v) is 23.9. The quantitative estimate of drug-likeness (QED) is 0.444. The molecule has 0 radical (unpaired) electrons. The number of hydroxylamine groups is 2. The number of nitrogens with zero attached hydrogens (tertiary/aromatic N) is 1. The lowest BCUT2D eigenvalue weighted by Crippen LogP contribution is -2.70. The lowest BCUT2D eigenvalue weighted by Gasteiger charge is -2.62. The van der Waals surface area contributed by atoms with Gasteiger partial charge in [0.1, 0.15) is 12.4 Å². The number of hydrogen-bond acceptors (Lipinski definition) is 5. The molecule has 228 valence electrons. The fourth-order valence-electron chi connectivity index (χ4n) is 8.88. The summed E-state index contributed by atoms with van der Waals surface area (Å²) in [6.07, 6.45) is -4.65. The zero-order valence-electron chi connectivity index (χ0n) is 23.1. The number of aliphatic hydroxyl groups is 1. The van der Waals surface area contributed by atoms with E-state index in [-0.39, 0.29) is 50.1 Å². The van der Waals surface area contributed by atoms with Crippen LogP contribution < -0.4 is 5.32 Å². The molecule has 1 aliphatic heterocycles. The third kappa shape index (κ3) is 4.06. The lowest BCUT2D eigenvalue weighted by molar-refractivity contribution is -0.267. The smallest absolute Gasteiger partial charge is 0.390 e. The molecule has 1 amide bonds. The summed E-state index contributed by atoms with van der Waals surface area (Å²) in [5.74, 6) is -4.45. The highest BCUT2D eigenvalue weighted by Crippen LogP contribution is 2.72. The van der Waals surface area contributed by atoms with E-state index in [1.165, 1.54) is 24.1 Å². The first-order valence-electron chi connectivity index (χ1n) is 14.1. The molecule has 5 aliphatic rings.